The van der Waals surface area contributed by atoms with Crippen LogP contribution in [-0.4, -0.2) is 31.6 Å². The van der Waals surface area contributed by atoms with Gasteiger partial charge in [0, 0.05) is 51.1 Å². The number of hydrogen-bond acceptors (Lipinski definition) is 3. The summed E-state index contributed by atoms with van der Waals surface area (Å²) in [7, 11) is 3.27. The summed E-state index contributed by atoms with van der Waals surface area (Å²) in [5.74, 6) is 0.446. The molecule has 0 bridgehead atoms. The highest BCUT2D eigenvalue weighted by Gasteiger charge is 2.04. The van der Waals surface area contributed by atoms with Crippen molar-refractivity contribution in [2.75, 3.05) is 20.7 Å². The van der Waals surface area contributed by atoms with Gasteiger partial charge < -0.3 is 15.4 Å². The summed E-state index contributed by atoms with van der Waals surface area (Å²) in [6.07, 6.45) is 2.60. The number of halogens is 2. The maximum Gasteiger partial charge on any atom is 0.191 e. The topological polar surface area (TPSA) is 58.5 Å². The van der Waals surface area contributed by atoms with Crippen LogP contribution >= 0.6 is 24.0 Å². The third-order valence-electron chi connectivity index (χ3n) is 3.49. The number of hydrogen-bond donors (Lipinski definition) is 2. The number of pyridine rings is 1. The lowest BCUT2D eigenvalue weighted by Crippen LogP contribution is -2.37. The standard InChI is InChI=1S/C18H23FN4O.HI/c1-20-18(22-10-8-16-5-3-4-9-21-16)23-12-14-6-7-17(19)15(11-14)13-24-2;/h3-7,9,11H,8,10,12-13H2,1-2H3,(H2,20,22,23);1H. The van der Waals surface area contributed by atoms with E-state index in [0.717, 1.165) is 24.2 Å². The number of guanidine groups is 1. The minimum atomic E-state index is -0.251. The minimum absolute atomic E-state index is 0. The van der Waals surface area contributed by atoms with E-state index in [1.165, 1.54) is 6.07 Å². The lowest BCUT2D eigenvalue weighted by atomic mass is 10.1. The van der Waals surface area contributed by atoms with Crippen molar-refractivity contribution in [1.82, 2.24) is 15.6 Å². The zero-order valence-corrected chi connectivity index (χ0v) is 16.8. The molecule has 0 atom stereocenters. The summed E-state index contributed by atoms with van der Waals surface area (Å²) < 4.78 is 18.6. The molecular formula is C18H24FIN4O. The van der Waals surface area contributed by atoms with Crippen molar-refractivity contribution < 1.29 is 9.13 Å². The molecule has 1 aromatic heterocycles. The highest BCUT2D eigenvalue weighted by molar-refractivity contribution is 14.0. The molecule has 0 amide bonds. The van der Waals surface area contributed by atoms with Crippen LogP contribution < -0.4 is 10.6 Å². The van der Waals surface area contributed by atoms with Gasteiger partial charge in [0.1, 0.15) is 5.82 Å². The molecule has 1 aromatic carbocycles. The maximum atomic E-state index is 13.6. The van der Waals surface area contributed by atoms with Crippen LogP contribution in [0, 0.1) is 5.82 Å². The molecule has 5 nitrogen and oxygen atoms in total. The van der Waals surface area contributed by atoms with Gasteiger partial charge in [-0.2, -0.15) is 0 Å². The molecule has 136 valence electrons. The van der Waals surface area contributed by atoms with Crippen molar-refractivity contribution in [1.29, 1.82) is 0 Å². The Bertz CT molecular complexity index is 667. The van der Waals surface area contributed by atoms with E-state index in [1.807, 2.05) is 18.2 Å². The lowest BCUT2D eigenvalue weighted by Gasteiger charge is -2.12. The van der Waals surface area contributed by atoms with Crippen molar-refractivity contribution in [2.24, 2.45) is 4.99 Å². The highest BCUT2D eigenvalue weighted by atomic mass is 127. The van der Waals surface area contributed by atoms with E-state index in [4.69, 9.17) is 4.74 Å². The first-order chi connectivity index (χ1) is 11.7. The number of ether oxygens (including phenoxy) is 1. The first-order valence-electron chi connectivity index (χ1n) is 7.83. The molecule has 0 saturated carbocycles. The number of aromatic nitrogens is 1. The lowest BCUT2D eigenvalue weighted by molar-refractivity contribution is 0.181. The van der Waals surface area contributed by atoms with Crippen molar-refractivity contribution in [3.05, 3.63) is 65.2 Å². The van der Waals surface area contributed by atoms with E-state index in [-0.39, 0.29) is 36.4 Å². The van der Waals surface area contributed by atoms with Gasteiger partial charge in [-0.05, 0) is 29.8 Å². The van der Waals surface area contributed by atoms with Gasteiger partial charge >= 0.3 is 0 Å². The Balaban J connectivity index is 0.00000312. The van der Waals surface area contributed by atoms with Crippen LogP contribution in [-0.2, 0) is 24.3 Å². The number of aliphatic imine (C=N–C) groups is 1. The maximum absolute atomic E-state index is 13.6. The fraction of sp³-hybridized carbons (Fsp3) is 0.333. The smallest absolute Gasteiger partial charge is 0.191 e. The summed E-state index contributed by atoms with van der Waals surface area (Å²) in [6, 6.07) is 10.9. The summed E-state index contributed by atoms with van der Waals surface area (Å²) >= 11 is 0. The minimum Gasteiger partial charge on any atom is -0.380 e. The predicted octanol–water partition coefficient (Wildman–Crippen LogP) is 2.89. The van der Waals surface area contributed by atoms with Gasteiger partial charge in [0.2, 0.25) is 0 Å². The molecular weight excluding hydrogens is 434 g/mol. The van der Waals surface area contributed by atoms with E-state index >= 15 is 0 Å². The molecule has 2 rings (SSSR count). The molecule has 0 saturated heterocycles. The highest BCUT2D eigenvalue weighted by Crippen LogP contribution is 2.11. The van der Waals surface area contributed by atoms with E-state index in [2.05, 4.69) is 20.6 Å². The monoisotopic (exact) mass is 458 g/mol. The molecule has 2 aromatic rings. The summed E-state index contributed by atoms with van der Waals surface area (Å²) in [5, 5.41) is 6.46. The van der Waals surface area contributed by atoms with Crippen LogP contribution in [0.4, 0.5) is 4.39 Å². The molecule has 0 unspecified atom stereocenters. The van der Waals surface area contributed by atoms with Crippen LogP contribution in [0.5, 0.6) is 0 Å². The quantitative estimate of drug-likeness (QED) is 0.381. The number of methoxy groups -OCH3 is 1. The molecule has 1 heterocycles. The fourth-order valence-corrected chi connectivity index (χ4v) is 2.27. The Morgan fingerprint density at radius 1 is 1.24 bits per heavy atom. The molecule has 2 N–H and O–H groups in total. The van der Waals surface area contributed by atoms with Crippen LogP contribution in [0.3, 0.4) is 0 Å². The molecule has 0 radical (unpaired) electrons. The van der Waals surface area contributed by atoms with Crippen molar-refractivity contribution >= 4 is 29.9 Å². The Labute approximate surface area is 165 Å². The molecule has 0 spiro atoms. The third kappa shape index (κ3) is 7.35. The van der Waals surface area contributed by atoms with Gasteiger partial charge in [0.05, 0.1) is 6.61 Å². The number of nitrogens with one attached hydrogen (secondary N) is 2. The molecule has 7 heteroatoms. The van der Waals surface area contributed by atoms with Gasteiger partial charge in [0.25, 0.3) is 0 Å². The summed E-state index contributed by atoms with van der Waals surface area (Å²) in [6.45, 7) is 1.55. The molecule has 0 aliphatic carbocycles. The van der Waals surface area contributed by atoms with E-state index in [1.54, 1.807) is 32.5 Å². The van der Waals surface area contributed by atoms with E-state index in [0.29, 0.717) is 18.1 Å². The van der Waals surface area contributed by atoms with Crippen LogP contribution in [0.25, 0.3) is 0 Å². The van der Waals surface area contributed by atoms with Crippen LogP contribution in [0.1, 0.15) is 16.8 Å². The van der Waals surface area contributed by atoms with Gasteiger partial charge in [-0.25, -0.2) is 4.39 Å². The Morgan fingerprint density at radius 2 is 2.08 bits per heavy atom. The van der Waals surface area contributed by atoms with Crippen molar-refractivity contribution in [3.63, 3.8) is 0 Å². The van der Waals surface area contributed by atoms with E-state index < -0.39 is 0 Å². The number of nitrogens with zero attached hydrogens (tertiary/aromatic N) is 2. The first-order valence-corrected chi connectivity index (χ1v) is 7.83. The molecule has 25 heavy (non-hydrogen) atoms. The van der Waals surface area contributed by atoms with Crippen molar-refractivity contribution in [3.8, 4) is 0 Å². The average molecular weight is 458 g/mol. The second-order valence-electron chi connectivity index (χ2n) is 5.28. The normalized spacial score (nSPS) is 10.9. The largest absolute Gasteiger partial charge is 0.380 e. The summed E-state index contributed by atoms with van der Waals surface area (Å²) in [4.78, 5) is 8.47. The van der Waals surface area contributed by atoms with E-state index in [9.17, 15) is 4.39 Å². The second kappa shape index (κ2) is 11.8. The average Bonchev–Trinajstić information content (AvgIpc) is 2.61. The Kier molecular flexibility index (Phi) is 10.0. The SMILES string of the molecule is CN=C(NCCc1ccccn1)NCc1ccc(F)c(COC)c1.I. The second-order valence-corrected chi connectivity index (χ2v) is 5.28. The predicted molar refractivity (Wildman–Crippen MR) is 109 cm³/mol. The zero-order valence-electron chi connectivity index (χ0n) is 14.5. The molecule has 0 fully saturated rings. The van der Waals surface area contributed by atoms with Crippen LogP contribution in [0.2, 0.25) is 0 Å². The van der Waals surface area contributed by atoms with Gasteiger partial charge in [-0.3, -0.25) is 9.98 Å². The first kappa shape index (κ1) is 21.3. The van der Waals surface area contributed by atoms with Gasteiger partial charge in [-0.15, -0.1) is 24.0 Å². The third-order valence-corrected chi connectivity index (χ3v) is 3.49. The van der Waals surface area contributed by atoms with Gasteiger partial charge in [0.15, 0.2) is 5.96 Å². The van der Waals surface area contributed by atoms with Crippen molar-refractivity contribution in [2.45, 2.75) is 19.6 Å². The summed E-state index contributed by atoms with van der Waals surface area (Å²) in [5.41, 5.74) is 2.55. The Hall–Kier alpha value is -1.74. The molecule has 0 aliphatic heterocycles. The van der Waals surface area contributed by atoms with Crippen LogP contribution in [0.15, 0.2) is 47.6 Å². The Morgan fingerprint density at radius 3 is 2.76 bits per heavy atom. The number of rotatable bonds is 7. The number of benzene rings is 1. The molecule has 0 aliphatic rings. The zero-order chi connectivity index (χ0) is 17.2. The fourth-order valence-electron chi connectivity index (χ4n) is 2.27. The van der Waals surface area contributed by atoms with Gasteiger partial charge in [-0.1, -0.05) is 12.1 Å².